The normalized spacial score (nSPS) is 29.8. The van der Waals surface area contributed by atoms with Crippen molar-refractivity contribution in [2.75, 3.05) is 34.3 Å². The van der Waals surface area contributed by atoms with Crippen LogP contribution in [0.4, 0.5) is 22.7 Å². The average molecular weight is 972 g/mol. The Morgan fingerprint density at radius 3 is 1.37 bits per heavy atom. The summed E-state index contributed by atoms with van der Waals surface area (Å²) < 4.78 is 85.0. The molecule has 8 atom stereocenters. The highest BCUT2D eigenvalue weighted by atomic mass is 32.2. The standard InChI is InChI=1S/C49H57N5O10S3/c1-48(2,3)16-18-52-42-28-10-8-26(20-28)38(42)44(55)40(46(52)57)34-24-66(61,62)36-22-30(12-14-32(36)50-34)54(65(7,59)60)31-13-15-33-37(23-31)67(63,64)25-35(51-33)41-45(56)39-27-9-11-29(21-27)43(39)53(47(41)58)19-17-49(4,5)6/h8-15,22-29,38-39,42-43,50-51,55-56H,16-21H2,1-7H3. The smallest absolute Gasteiger partial charge is 0.259 e. The van der Waals surface area contributed by atoms with Crippen molar-refractivity contribution in [3.63, 3.8) is 0 Å². The van der Waals surface area contributed by atoms with Crippen molar-refractivity contribution in [2.45, 2.75) is 89.1 Å². The third kappa shape index (κ3) is 7.52. The molecule has 15 nitrogen and oxygen atoms in total. The van der Waals surface area contributed by atoms with Crippen molar-refractivity contribution in [1.29, 1.82) is 0 Å². The molecule has 67 heavy (non-hydrogen) atoms. The van der Waals surface area contributed by atoms with Crippen molar-refractivity contribution in [3.8, 4) is 0 Å². The van der Waals surface area contributed by atoms with Gasteiger partial charge < -0.3 is 30.6 Å². The first kappa shape index (κ1) is 45.5. The molecule has 18 heteroatoms. The van der Waals surface area contributed by atoms with Crippen molar-refractivity contribution in [2.24, 2.45) is 46.3 Å². The number of sulfonamides is 1. The van der Waals surface area contributed by atoms with E-state index in [0.29, 0.717) is 25.9 Å². The fraction of sp³-hybridized carbons (Fsp3) is 0.469. The number of hydrogen-bond acceptors (Lipinski definition) is 12. The first-order valence-electron chi connectivity index (χ1n) is 22.8. The van der Waals surface area contributed by atoms with Crippen LogP contribution in [0, 0.1) is 46.3 Å². The van der Waals surface area contributed by atoms with Gasteiger partial charge >= 0.3 is 0 Å². The van der Waals surface area contributed by atoms with E-state index in [1.54, 1.807) is 9.80 Å². The number of benzene rings is 2. The Kier molecular flexibility index (Phi) is 10.2. The van der Waals surface area contributed by atoms with Crippen molar-refractivity contribution in [1.82, 2.24) is 9.80 Å². The molecule has 8 unspecified atom stereocenters. The van der Waals surface area contributed by atoms with Gasteiger partial charge in [0.15, 0.2) is 0 Å². The number of nitrogens with one attached hydrogen (secondary N) is 2. The van der Waals surface area contributed by atoms with Gasteiger partial charge in [0, 0.05) is 37.0 Å². The van der Waals surface area contributed by atoms with Crippen LogP contribution in [0.3, 0.4) is 0 Å². The second kappa shape index (κ2) is 15.1. The van der Waals surface area contributed by atoms with E-state index in [4.69, 9.17) is 0 Å². The van der Waals surface area contributed by atoms with Crippen LogP contribution in [0.15, 0.2) is 115 Å². The average Bonchev–Trinajstić information content (AvgIpc) is 4.03. The molecule has 4 N–H and O–H groups in total. The Bertz CT molecular complexity index is 2910. The number of allylic oxidation sites excluding steroid dienone is 2. The van der Waals surface area contributed by atoms with Crippen LogP contribution in [-0.2, 0) is 39.3 Å². The molecule has 4 aliphatic heterocycles. The van der Waals surface area contributed by atoms with E-state index in [0.717, 1.165) is 46.4 Å². The lowest BCUT2D eigenvalue weighted by atomic mass is 9.80. The highest BCUT2D eigenvalue weighted by molar-refractivity contribution is 7.95. The number of hydrogen-bond donors (Lipinski definition) is 4. The van der Waals surface area contributed by atoms with Crippen LogP contribution in [0.1, 0.15) is 67.2 Å². The molecule has 2 aromatic rings. The van der Waals surface area contributed by atoms with Crippen molar-refractivity contribution < 1.29 is 45.1 Å². The van der Waals surface area contributed by atoms with Gasteiger partial charge in [0.05, 0.1) is 61.0 Å². The van der Waals surface area contributed by atoms with Gasteiger partial charge in [0.1, 0.15) is 22.7 Å². The molecular formula is C49H57N5O10S3. The molecule has 2 saturated carbocycles. The highest BCUT2D eigenvalue weighted by Crippen LogP contribution is 2.55. The van der Waals surface area contributed by atoms with Crippen LogP contribution in [-0.4, -0.2) is 88.5 Å². The SMILES string of the molecule is CC(C)(C)CCN1C(=O)C(C2=CS(=O)(=O)c3cc(N(c4ccc5c(c4)S(=O)(=O)C=C(C4=C(O)C6C7C=CC(C7)C6N(CCC(C)(C)C)C4=O)N5)S(C)(=O)=O)ccc3N2)=C(O)C2C3C=CC(C3)C21. The number of sulfone groups is 2. The van der Waals surface area contributed by atoms with E-state index in [1.165, 1.54) is 24.3 Å². The van der Waals surface area contributed by atoms with Crippen LogP contribution >= 0.6 is 0 Å². The number of rotatable bonds is 9. The molecule has 0 saturated heterocycles. The monoisotopic (exact) mass is 971 g/mol. The van der Waals surface area contributed by atoms with Crippen molar-refractivity contribution in [3.05, 3.63) is 106 Å². The zero-order valence-corrected chi connectivity index (χ0v) is 41.0. The lowest BCUT2D eigenvalue weighted by Gasteiger charge is -2.43. The molecule has 0 spiro atoms. The third-order valence-corrected chi connectivity index (χ3v) is 18.9. The summed E-state index contributed by atoms with van der Waals surface area (Å²) in [6.07, 6.45) is 12.2. The summed E-state index contributed by atoms with van der Waals surface area (Å²) in [7, 11) is -13.1. The first-order valence-corrected chi connectivity index (χ1v) is 27.8. The second-order valence-corrected chi connectivity index (χ2v) is 27.2. The van der Waals surface area contributed by atoms with Gasteiger partial charge in [0.25, 0.3) is 11.8 Å². The fourth-order valence-electron chi connectivity index (χ4n) is 11.7. The van der Waals surface area contributed by atoms with Crippen molar-refractivity contribution >= 4 is 64.3 Å². The molecule has 2 amide bonds. The maximum absolute atomic E-state index is 14.4. The van der Waals surface area contributed by atoms with Crippen LogP contribution in [0.25, 0.3) is 0 Å². The number of anilines is 4. The number of nitrogens with zero attached hydrogens (tertiary/aromatic N) is 3. The summed E-state index contributed by atoms with van der Waals surface area (Å²) in [5, 5.41) is 31.4. The Balaban J connectivity index is 0.968. The summed E-state index contributed by atoms with van der Waals surface area (Å²) in [6.45, 7) is 13.3. The number of carbonyl (C=O) groups is 2. The Morgan fingerprint density at radius 1 is 0.642 bits per heavy atom. The van der Waals surface area contributed by atoms with Gasteiger partial charge in [-0.15, -0.1) is 0 Å². The maximum Gasteiger partial charge on any atom is 0.259 e. The summed E-state index contributed by atoms with van der Waals surface area (Å²) in [5.41, 5.74) is -0.718. The first-order chi connectivity index (χ1) is 31.2. The predicted octanol–water partition coefficient (Wildman–Crippen LogP) is 7.43. The van der Waals surface area contributed by atoms with E-state index < -0.39 is 53.3 Å². The molecule has 4 aliphatic carbocycles. The third-order valence-electron chi connectivity index (χ3n) is 14.8. The topological polar surface area (TPSA) is 211 Å². The summed E-state index contributed by atoms with van der Waals surface area (Å²) >= 11 is 0. The molecule has 10 rings (SSSR count). The van der Waals surface area contributed by atoms with Gasteiger partial charge in [0.2, 0.25) is 29.7 Å². The Morgan fingerprint density at radius 2 is 1.01 bits per heavy atom. The van der Waals surface area contributed by atoms with E-state index in [2.05, 4.69) is 76.5 Å². The minimum Gasteiger partial charge on any atom is -0.511 e. The molecule has 2 aromatic carbocycles. The van der Waals surface area contributed by atoms with Gasteiger partial charge in [-0.3, -0.25) is 9.59 Å². The van der Waals surface area contributed by atoms with Crippen LogP contribution in [0.2, 0.25) is 0 Å². The number of carbonyl (C=O) groups excluding carboxylic acids is 2. The molecule has 4 bridgehead atoms. The number of aliphatic hydroxyl groups excluding tert-OH is 2. The molecule has 4 heterocycles. The number of aliphatic hydroxyl groups is 2. The zero-order chi connectivity index (χ0) is 48.1. The zero-order valence-electron chi connectivity index (χ0n) is 38.5. The lowest BCUT2D eigenvalue weighted by Crippen LogP contribution is -2.53. The minimum atomic E-state index is -4.39. The van der Waals surface area contributed by atoms with Gasteiger partial charge in [-0.2, -0.15) is 0 Å². The lowest BCUT2D eigenvalue weighted by molar-refractivity contribution is -0.133. The van der Waals surface area contributed by atoms with Gasteiger partial charge in [-0.05, 0) is 96.6 Å². The second-order valence-electron chi connectivity index (χ2n) is 21.9. The quantitative estimate of drug-likeness (QED) is 0.181. The van der Waals surface area contributed by atoms with E-state index in [9.17, 15) is 45.1 Å². The van der Waals surface area contributed by atoms with Gasteiger partial charge in [-0.1, -0.05) is 65.8 Å². The van der Waals surface area contributed by atoms with E-state index in [-0.39, 0.29) is 113 Å². The molecule has 0 aromatic heterocycles. The molecule has 2 fully saturated rings. The molecular weight excluding hydrogens is 915 g/mol. The Hall–Kier alpha value is -5.33. The minimum absolute atomic E-state index is 0.00546. The Labute approximate surface area is 392 Å². The van der Waals surface area contributed by atoms with E-state index >= 15 is 0 Å². The highest BCUT2D eigenvalue weighted by Gasteiger charge is 2.57. The number of amides is 2. The summed E-state index contributed by atoms with van der Waals surface area (Å²) in [5.74, 6) is -1.87. The molecule has 356 valence electrons. The van der Waals surface area contributed by atoms with Gasteiger partial charge in [-0.25, -0.2) is 29.6 Å². The summed E-state index contributed by atoms with van der Waals surface area (Å²) in [4.78, 5) is 31.7. The maximum atomic E-state index is 14.4. The van der Waals surface area contributed by atoms with Crippen LogP contribution in [0.5, 0.6) is 0 Å². The van der Waals surface area contributed by atoms with E-state index in [1.807, 2.05) is 0 Å². The number of fused-ring (bicyclic) bond motifs is 12. The summed E-state index contributed by atoms with van der Waals surface area (Å²) in [6, 6.07) is 7.30. The van der Waals surface area contributed by atoms with Crippen LogP contribution < -0.4 is 14.9 Å². The molecule has 0 radical (unpaired) electrons. The predicted molar refractivity (Wildman–Crippen MR) is 255 cm³/mol. The largest absolute Gasteiger partial charge is 0.511 e. The molecule has 8 aliphatic rings. The fourth-order valence-corrected chi connectivity index (χ4v) is 15.4.